The summed E-state index contributed by atoms with van der Waals surface area (Å²) in [6, 6.07) is 8.82. The summed E-state index contributed by atoms with van der Waals surface area (Å²) in [5.41, 5.74) is 1.38. The van der Waals surface area contributed by atoms with Crippen LogP contribution in [0.5, 0.6) is 5.75 Å². The number of rotatable bonds is 6. The molecule has 1 unspecified atom stereocenters. The van der Waals surface area contributed by atoms with Crippen LogP contribution < -0.4 is 15.4 Å². The molecular weight excluding hydrogens is 463 g/mol. The molecule has 1 saturated carbocycles. The number of fused-ring (bicyclic) bond motifs is 1. The van der Waals surface area contributed by atoms with Crippen molar-refractivity contribution in [3.63, 3.8) is 0 Å². The average Bonchev–Trinajstić information content (AvgIpc) is 3.44. The minimum atomic E-state index is -0.721. The average molecular weight is 487 g/mol. The number of aromatic nitrogens is 1. The first-order valence-corrected chi connectivity index (χ1v) is 11.4. The van der Waals surface area contributed by atoms with Gasteiger partial charge in [0.1, 0.15) is 18.2 Å². The number of benzene rings is 2. The van der Waals surface area contributed by atoms with E-state index in [4.69, 9.17) is 20.8 Å². The number of amides is 2. The fourth-order valence-electron chi connectivity index (χ4n) is 4.28. The molecule has 3 aromatic rings. The van der Waals surface area contributed by atoms with Crippen molar-refractivity contribution in [2.75, 3.05) is 25.6 Å². The molecule has 2 N–H and O–H groups in total. The molecule has 1 aliphatic carbocycles. The number of nitrogens with zero attached hydrogens (tertiary/aromatic N) is 2. The van der Waals surface area contributed by atoms with Gasteiger partial charge in [-0.2, -0.15) is 4.98 Å². The first-order valence-electron chi connectivity index (χ1n) is 11.0. The van der Waals surface area contributed by atoms with E-state index >= 15 is 0 Å². The second-order valence-corrected chi connectivity index (χ2v) is 9.27. The van der Waals surface area contributed by atoms with Crippen molar-refractivity contribution in [2.24, 2.45) is 0 Å². The number of alkyl halides is 1. The van der Waals surface area contributed by atoms with Gasteiger partial charge in [-0.25, -0.2) is 4.39 Å². The maximum absolute atomic E-state index is 13.8. The lowest BCUT2D eigenvalue weighted by Crippen LogP contribution is -2.61. The number of halogens is 2. The number of methoxy groups -OCH3 is 1. The van der Waals surface area contributed by atoms with Gasteiger partial charge in [0.15, 0.2) is 11.3 Å². The van der Waals surface area contributed by atoms with Crippen LogP contribution in [0.25, 0.3) is 11.1 Å². The summed E-state index contributed by atoms with van der Waals surface area (Å²) in [6.07, 6.45) is 1.72. The van der Waals surface area contributed by atoms with Crippen LogP contribution in [-0.4, -0.2) is 53.6 Å². The molecular formula is C24H24ClFN4O4. The van der Waals surface area contributed by atoms with Gasteiger partial charge in [-0.1, -0.05) is 23.7 Å². The lowest BCUT2D eigenvalue weighted by atomic mass is 10.1. The summed E-state index contributed by atoms with van der Waals surface area (Å²) >= 11 is 6.04. The number of oxazole rings is 1. The number of ether oxygens (including phenoxy) is 1. The Labute approximate surface area is 200 Å². The van der Waals surface area contributed by atoms with Gasteiger partial charge in [0.05, 0.1) is 18.7 Å². The summed E-state index contributed by atoms with van der Waals surface area (Å²) in [5, 5.41) is 6.45. The molecule has 1 saturated heterocycles. The summed E-state index contributed by atoms with van der Waals surface area (Å²) < 4.78 is 25.0. The third kappa shape index (κ3) is 4.04. The molecule has 2 amide bonds. The summed E-state index contributed by atoms with van der Waals surface area (Å²) in [6.45, 7) is 1.46. The van der Waals surface area contributed by atoms with Gasteiger partial charge in [0, 0.05) is 17.1 Å². The number of carbonyl (C=O) groups is 2. The van der Waals surface area contributed by atoms with Gasteiger partial charge in [-0.3, -0.25) is 9.59 Å². The highest BCUT2D eigenvalue weighted by molar-refractivity contribution is 6.30. The molecule has 10 heteroatoms. The number of anilines is 1. The smallest absolute Gasteiger partial charge is 0.296 e. The zero-order valence-electron chi connectivity index (χ0n) is 18.7. The third-order valence-corrected chi connectivity index (χ3v) is 6.68. The van der Waals surface area contributed by atoms with E-state index in [0.717, 1.165) is 12.8 Å². The van der Waals surface area contributed by atoms with E-state index in [0.29, 0.717) is 39.5 Å². The van der Waals surface area contributed by atoms with Crippen molar-refractivity contribution in [1.29, 1.82) is 0 Å². The highest BCUT2D eigenvalue weighted by Gasteiger charge is 2.51. The second kappa shape index (κ2) is 8.47. The Morgan fingerprint density at radius 1 is 1.41 bits per heavy atom. The van der Waals surface area contributed by atoms with Crippen molar-refractivity contribution >= 4 is 40.5 Å². The number of nitrogens with one attached hydrogen (secondary N) is 2. The molecule has 1 aliphatic heterocycles. The second-order valence-electron chi connectivity index (χ2n) is 8.83. The standard InChI is InChI=1S/C24H24ClFN4O4/c1-13-21(31)29-24(6-7-24)12-30(13)22(32)15-9-17-20(19(10-15)33-2)34-23(27-17)28-18(11-26)14-4-3-5-16(25)8-14/h3-5,8-10,13,18H,6-7,11-12H2,1-2H3,(H,27,28)(H,29,31)/t13?,18-/m1/s1. The van der Waals surface area contributed by atoms with Gasteiger partial charge in [-0.05, 0) is 49.6 Å². The summed E-state index contributed by atoms with van der Waals surface area (Å²) in [7, 11) is 1.46. The Morgan fingerprint density at radius 2 is 2.21 bits per heavy atom. The lowest BCUT2D eigenvalue weighted by Gasteiger charge is -2.38. The minimum Gasteiger partial charge on any atom is -0.493 e. The van der Waals surface area contributed by atoms with E-state index in [1.807, 2.05) is 0 Å². The predicted molar refractivity (Wildman–Crippen MR) is 125 cm³/mol. The molecule has 1 spiro atoms. The van der Waals surface area contributed by atoms with E-state index in [1.54, 1.807) is 48.2 Å². The molecule has 2 aromatic carbocycles. The molecule has 2 heterocycles. The van der Waals surface area contributed by atoms with E-state index in [2.05, 4.69) is 15.6 Å². The van der Waals surface area contributed by atoms with Crippen LogP contribution in [0.15, 0.2) is 40.8 Å². The maximum atomic E-state index is 13.8. The normalized spacial score (nSPS) is 19.7. The molecule has 2 fully saturated rings. The molecule has 5 rings (SSSR count). The zero-order valence-corrected chi connectivity index (χ0v) is 19.5. The van der Waals surface area contributed by atoms with Crippen molar-refractivity contribution in [3.8, 4) is 5.75 Å². The zero-order chi connectivity index (χ0) is 24.0. The van der Waals surface area contributed by atoms with Crippen molar-refractivity contribution in [1.82, 2.24) is 15.2 Å². The van der Waals surface area contributed by atoms with Crippen LogP contribution in [0.2, 0.25) is 5.02 Å². The van der Waals surface area contributed by atoms with Crippen molar-refractivity contribution in [2.45, 2.75) is 37.4 Å². The highest BCUT2D eigenvalue weighted by atomic mass is 35.5. The SMILES string of the molecule is COc1cc(C(=O)N2CC3(CC3)NC(=O)C2C)cc2nc(N[C@H](CF)c3cccc(Cl)c3)oc12. The van der Waals surface area contributed by atoms with Crippen LogP contribution in [-0.2, 0) is 4.79 Å². The lowest BCUT2D eigenvalue weighted by molar-refractivity contribution is -0.129. The first-order chi connectivity index (χ1) is 16.3. The highest BCUT2D eigenvalue weighted by Crippen LogP contribution is 2.40. The number of carbonyl (C=O) groups excluding carboxylic acids is 2. The Kier molecular flexibility index (Phi) is 5.59. The molecule has 2 atom stereocenters. The minimum absolute atomic E-state index is 0.0863. The monoisotopic (exact) mass is 486 g/mol. The quantitative estimate of drug-likeness (QED) is 0.544. The molecule has 2 aliphatic rings. The van der Waals surface area contributed by atoms with Gasteiger partial charge >= 0.3 is 0 Å². The fourth-order valence-corrected chi connectivity index (χ4v) is 4.48. The van der Waals surface area contributed by atoms with Crippen molar-refractivity contribution in [3.05, 3.63) is 52.5 Å². The third-order valence-electron chi connectivity index (χ3n) is 6.45. The van der Waals surface area contributed by atoms with Gasteiger partial charge in [0.2, 0.25) is 5.91 Å². The largest absolute Gasteiger partial charge is 0.493 e. The number of piperazine rings is 1. The van der Waals surface area contributed by atoms with Gasteiger partial charge in [-0.15, -0.1) is 0 Å². The fraction of sp³-hybridized carbons (Fsp3) is 0.375. The summed E-state index contributed by atoms with van der Waals surface area (Å²) in [4.78, 5) is 31.8. The number of hydrogen-bond donors (Lipinski definition) is 2. The molecule has 1 aromatic heterocycles. The van der Waals surface area contributed by atoms with Crippen molar-refractivity contribution < 1.29 is 23.1 Å². The van der Waals surface area contributed by atoms with Gasteiger partial charge in [0.25, 0.3) is 11.9 Å². The van der Waals surface area contributed by atoms with Crippen LogP contribution in [0.3, 0.4) is 0 Å². The Balaban J connectivity index is 1.45. The van der Waals surface area contributed by atoms with E-state index < -0.39 is 18.8 Å². The molecule has 0 radical (unpaired) electrons. The van der Waals surface area contributed by atoms with Crippen LogP contribution in [0, 0.1) is 0 Å². The van der Waals surface area contributed by atoms with Crippen LogP contribution >= 0.6 is 11.6 Å². The summed E-state index contributed by atoms with van der Waals surface area (Å²) in [5.74, 6) is -0.126. The Bertz CT molecular complexity index is 1280. The maximum Gasteiger partial charge on any atom is 0.296 e. The topological polar surface area (TPSA) is 96.7 Å². The molecule has 178 valence electrons. The Morgan fingerprint density at radius 3 is 2.88 bits per heavy atom. The molecule has 0 bridgehead atoms. The molecule has 8 nitrogen and oxygen atoms in total. The van der Waals surface area contributed by atoms with Crippen LogP contribution in [0.1, 0.15) is 41.7 Å². The van der Waals surface area contributed by atoms with E-state index in [-0.39, 0.29) is 23.4 Å². The van der Waals surface area contributed by atoms with Crippen LogP contribution in [0.4, 0.5) is 10.4 Å². The van der Waals surface area contributed by atoms with E-state index in [1.165, 1.54) is 7.11 Å². The molecule has 34 heavy (non-hydrogen) atoms. The first kappa shape index (κ1) is 22.5. The van der Waals surface area contributed by atoms with E-state index in [9.17, 15) is 14.0 Å². The number of hydrogen-bond acceptors (Lipinski definition) is 6. The van der Waals surface area contributed by atoms with Gasteiger partial charge < -0.3 is 24.7 Å². The predicted octanol–water partition coefficient (Wildman–Crippen LogP) is 4.11. The Hall–Kier alpha value is -3.33.